The number of benzene rings is 6. The van der Waals surface area contributed by atoms with Crippen LogP contribution in [-0.4, -0.2) is 11.2 Å². The van der Waals surface area contributed by atoms with Crippen LogP contribution in [0.3, 0.4) is 0 Å². The first-order valence-electron chi connectivity index (χ1n) is 15.2. The third kappa shape index (κ3) is 5.50. The highest BCUT2D eigenvalue weighted by atomic mass is 14.6. The van der Waals surface area contributed by atoms with Gasteiger partial charge in [0.2, 0.25) is 0 Å². The average molecular weight is 577 g/mol. The summed E-state index contributed by atoms with van der Waals surface area (Å²) in [5.41, 5.74) is 11.9. The summed E-state index contributed by atoms with van der Waals surface area (Å²) in [4.78, 5) is 8.39. The molecule has 45 heavy (non-hydrogen) atoms. The molecule has 0 unspecified atom stereocenters. The highest BCUT2D eigenvalue weighted by Gasteiger charge is 2.18. The Bertz CT molecular complexity index is 2220. The molecule has 0 spiro atoms. The van der Waals surface area contributed by atoms with Crippen molar-refractivity contribution in [2.45, 2.75) is 6.92 Å². The zero-order valence-electron chi connectivity index (χ0n) is 25.2. The van der Waals surface area contributed by atoms with Crippen LogP contribution in [0, 0.1) is 0 Å². The van der Waals surface area contributed by atoms with E-state index in [1.807, 2.05) is 18.5 Å². The van der Waals surface area contributed by atoms with Crippen LogP contribution in [0.2, 0.25) is 0 Å². The van der Waals surface area contributed by atoms with Gasteiger partial charge >= 0.3 is 0 Å². The standard InChI is InChI=1S/C43H32N2/c1-3-44-24-21-30(2)33-13-9-15-36(27-33)43-39-18-8-7-17-38(39)42(37-16-10-14-34(28-37)32-22-25-45-26-23-32)40-20-19-35(29-41(40)43)31-11-5-4-6-12-31/h3-29H,1H2,2H3/b30-21+,44-24?. The number of pyridine rings is 1. The molecule has 6 aromatic carbocycles. The summed E-state index contributed by atoms with van der Waals surface area (Å²) in [7, 11) is 0. The predicted octanol–water partition coefficient (Wildman–Crippen LogP) is 11.7. The van der Waals surface area contributed by atoms with Gasteiger partial charge < -0.3 is 0 Å². The Labute approximate surface area is 264 Å². The number of nitrogens with zero attached hydrogens (tertiary/aromatic N) is 2. The van der Waals surface area contributed by atoms with Crippen molar-refractivity contribution in [3.8, 4) is 44.5 Å². The van der Waals surface area contributed by atoms with Gasteiger partial charge in [-0.25, -0.2) is 0 Å². The van der Waals surface area contributed by atoms with Crippen LogP contribution in [0.1, 0.15) is 12.5 Å². The van der Waals surface area contributed by atoms with Gasteiger partial charge in [-0.2, -0.15) is 0 Å². The third-order valence-electron chi connectivity index (χ3n) is 8.42. The monoisotopic (exact) mass is 576 g/mol. The third-order valence-corrected chi connectivity index (χ3v) is 8.42. The Balaban J connectivity index is 1.54. The van der Waals surface area contributed by atoms with E-state index >= 15 is 0 Å². The van der Waals surface area contributed by atoms with Gasteiger partial charge in [0, 0.05) is 24.8 Å². The Morgan fingerprint density at radius 3 is 1.87 bits per heavy atom. The van der Waals surface area contributed by atoms with Crippen LogP contribution in [0.15, 0.2) is 170 Å². The fourth-order valence-electron chi connectivity index (χ4n) is 6.24. The molecule has 0 N–H and O–H groups in total. The number of fused-ring (bicyclic) bond motifs is 2. The van der Waals surface area contributed by atoms with Gasteiger partial charge in [0.05, 0.1) is 0 Å². The van der Waals surface area contributed by atoms with Gasteiger partial charge in [-0.15, -0.1) is 0 Å². The first-order chi connectivity index (χ1) is 22.2. The van der Waals surface area contributed by atoms with E-state index in [9.17, 15) is 0 Å². The summed E-state index contributed by atoms with van der Waals surface area (Å²) < 4.78 is 0. The minimum absolute atomic E-state index is 1.14. The van der Waals surface area contributed by atoms with E-state index in [0.29, 0.717) is 0 Å². The van der Waals surface area contributed by atoms with Gasteiger partial charge in [-0.1, -0.05) is 110 Å². The second-order valence-electron chi connectivity index (χ2n) is 11.1. The largest absolute Gasteiger partial charge is 0.265 e. The van der Waals surface area contributed by atoms with Crippen LogP contribution in [0.4, 0.5) is 0 Å². The lowest BCUT2D eigenvalue weighted by Gasteiger charge is -2.19. The van der Waals surface area contributed by atoms with Crippen LogP contribution < -0.4 is 0 Å². The van der Waals surface area contributed by atoms with Crippen molar-refractivity contribution in [3.63, 3.8) is 0 Å². The molecule has 2 heteroatoms. The van der Waals surface area contributed by atoms with E-state index < -0.39 is 0 Å². The lowest BCUT2D eigenvalue weighted by Crippen LogP contribution is -1.93. The van der Waals surface area contributed by atoms with Crippen molar-refractivity contribution in [2.75, 3.05) is 0 Å². The molecule has 0 saturated heterocycles. The van der Waals surface area contributed by atoms with E-state index in [2.05, 4.69) is 157 Å². The fourth-order valence-corrected chi connectivity index (χ4v) is 6.24. The maximum atomic E-state index is 4.23. The van der Waals surface area contributed by atoms with Crippen molar-refractivity contribution >= 4 is 33.3 Å². The molecule has 214 valence electrons. The molecular weight excluding hydrogens is 544 g/mol. The first-order valence-corrected chi connectivity index (χ1v) is 15.2. The van der Waals surface area contributed by atoms with Gasteiger partial charge in [-0.05, 0) is 121 Å². The molecule has 0 aliphatic heterocycles. The zero-order valence-corrected chi connectivity index (χ0v) is 25.2. The van der Waals surface area contributed by atoms with E-state index in [1.165, 1.54) is 60.5 Å². The molecule has 0 fully saturated rings. The fraction of sp³-hybridized carbons (Fsp3) is 0.0233. The minimum atomic E-state index is 1.14. The van der Waals surface area contributed by atoms with E-state index in [4.69, 9.17) is 0 Å². The molecule has 0 atom stereocenters. The van der Waals surface area contributed by atoms with Crippen LogP contribution in [0.5, 0.6) is 0 Å². The topological polar surface area (TPSA) is 25.2 Å². The lowest BCUT2D eigenvalue weighted by atomic mass is 9.84. The van der Waals surface area contributed by atoms with Crippen LogP contribution in [-0.2, 0) is 0 Å². The molecule has 7 rings (SSSR count). The molecule has 0 aliphatic carbocycles. The van der Waals surface area contributed by atoms with Crippen molar-refractivity contribution in [2.24, 2.45) is 4.99 Å². The first kappa shape index (κ1) is 27.9. The molecule has 0 aliphatic rings. The molecule has 0 bridgehead atoms. The van der Waals surface area contributed by atoms with E-state index in [1.54, 1.807) is 12.4 Å². The molecular formula is C43H32N2. The average Bonchev–Trinajstić information content (AvgIpc) is 3.11. The highest BCUT2D eigenvalue weighted by Crippen LogP contribution is 2.45. The molecule has 1 heterocycles. The Morgan fingerprint density at radius 2 is 1.11 bits per heavy atom. The van der Waals surface area contributed by atoms with Crippen molar-refractivity contribution in [1.82, 2.24) is 4.98 Å². The molecule has 0 radical (unpaired) electrons. The Hall–Kier alpha value is -5.86. The molecule has 0 amide bonds. The highest BCUT2D eigenvalue weighted by molar-refractivity contribution is 6.22. The number of allylic oxidation sites excluding steroid dienone is 2. The summed E-state index contributed by atoms with van der Waals surface area (Å²) in [6.45, 7) is 5.81. The smallest absolute Gasteiger partial charge is 0.0273 e. The van der Waals surface area contributed by atoms with Gasteiger partial charge in [0.15, 0.2) is 0 Å². The summed E-state index contributed by atoms with van der Waals surface area (Å²) in [6, 6.07) is 48.2. The summed E-state index contributed by atoms with van der Waals surface area (Å²) in [6.07, 6.45) is 9.08. The SMILES string of the molecule is C=CN=C/C=C(\C)c1cccc(-c2c3ccccc3c(-c3cccc(-c4ccncc4)c3)c3ccc(-c4ccccc4)cc23)c1. The normalized spacial score (nSPS) is 11.8. The molecule has 7 aromatic rings. The van der Waals surface area contributed by atoms with Gasteiger partial charge in [-0.3, -0.25) is 9.98 Å². The second-order valence-corrected chi connectivity index (χ2v) is 11.1. The number of hydrogen-bond donors (Lipinski definition) is 0. The number of rotatable bonds is 7. The maximum absolute atomic E-state index is 4.23. The lowest BCUT2D eigenvalue weighted by molar-refractivity contribution is 1.33. The number of aliphatic imine (C=N–C) groups is 1. The Morgan fingerprint density at radius 1 is 0.533 bits per heavy atom. The van der Waals surface area contributed by atoms with Gasteiger partial charge in [0.1, 0.15) is 0 Å². The zero-order chi connectivity index (χ0) is 30.6. The molecule has 2 nitrogen and oxygen atoms in total. The predicted molar refractivity (Wildman–Crippen MR) is 193 cm³/mol. The molecule has 0 saturated carbocycles. The summed E-state index contributed by atoms with van der Waals surface area (Å²) >= 11 is 0. The van der Waals surface area contributed by atoms with E-state index in [0.717, 1.165) is 16.7 Å². The van der Waals surface area contributed by atoms with Crippen molar-refractivity contribution in [3.05, 3.63) is 170 Å². The Kier molecular flexibility index (Phi) is 7.70. The quantitative estimate of drug-likeness (QED) is 0.137. The summed E-state index contributed by atoms with van der Waals surface area (Å²) in [5, 5.41) is 4.92. The van der Waals surface area contributed by atoms with Crippen molar-refractivity contribution < 1.29 is 0 Å². The van der Waals surface area contributed by atoms with Crippen molar-refractivity contribution in [1.29, 1.82) is 0 Å². The number of aromatic nitrogens is 1. The number of hydrogen-bond acceptors (Lipinski definition) is 2. The summed E-state index contributed by atoms with van der Waals surface area (Å²) in [5.74, 6) is 0. The maximum Gasteiger partial charge on any atom is 0.0273 e. The molecule has 1 aromatic heterocycles. The van der Waals surface area contributed by atoms with Crippen LogP contribution >= 0.6 is 0 Å². The van der Waals surface area contributed by atoms with E-state index in [-0.39, 0.29) is 0 Å². The second kappa shape index (κ2) is 12.4. The van der Waals surface area contributed by atoms with Gasteiger partial charge in [0.25, 0.3) is 0 Å². The van der Waals surface area contributed by atoms with Crippen LogP contribution in [0.25, 0.3) is 71.6 Å². The minimum Gasteiger partial charge on any atom is -0.265 e.